The minimum absolute atomic E-state index is 0.0709. The molecule has 0 bridgehead atoms. The fourth-order valence-corrected chi connectivity index (χ4v) is 2.48. The van der Waals surface area contributed by atoms with Crippen molar-refractivity contribution in [2.24, 2.45) is 0 Å². The van der Waals surface area contributed by atoms with E-state index in [1.54, 1.807) is 24.3 Å². The van der Waals surface area contributed by atoms with Gasteiger partial charge in [0.25, 0.3) is 0 Å². The van der Waals surface area contributed by atoms with E-state index in [0.717, 1.165) is 11.3 Å². The lowest BCUT2D eigenvalue weighted by Crippen LogP contribution is -2.37. The van der Waals surface area contributed by atoms with Crippen LogP contribution < -0.4 is 20.3 Å². The van der Waals surface area contributed by atoms with Gasteiger partial charge in [-0.25, -0.2) is 0 Å². The highest BCUT2D eigenvalue weighted by Crippen LogP contribution is 2.25. The summed E-state index contributed by atoms with van der Waals surface area (Å²) in [6, 6.07) is 12.6. The molecule has 7 nitrogen and oxygen atoms in total. The van der Waals surface area contributed by atoms with Crippen LogP contribution in [0.15, 0.2) is 42.5 Å². The molecule has 0 saturated heterocycles. The van der Waals surface area contributed by atoms with Crippen LogP contribution >= 0.6 is 0 Å². The first-order chi connectivity index (χ1) is 12.8. The van der Waals surface area contributed by atoms with Crippen LogP contribution in [0.5, 0.6) is 5.75 Å². The Labute approximate surface area is 158 Å². The summed E-state index contributed by atoms with van der Waals surface area (Å²) in [5.74, 6) is -1.20. The van der Waals surface area contributed by atoms with Crippen LogP contribution in [-0.2, 0) is 9.59 Å². The number of methoxy groups -OCH3 is 1. The Kier molecular flexibility index (Phi) is 6.79. The molecule has 7 heteroatoms. The molecule has 2 aromatic rings. The molecule has 0 aliphatic rings. The Morgan fingerprint density at radius 1 is 1.11 bits per heavy atom. The lowest BCUT2D eigenvalue weighted by Gasteiger charge is -2.16. The summed E-state index contributed by atoms with van der Waals surface area (Å²) in [4.78, 5) is 26.1. The number of nitrogens with one attached hydrogen (secondary N) is 2. The molecule has 0 saturated carbocycles. The molecule has 0 fully saturated rings. The summed E-state index contributed by atoms with van der Waals surface area (Å²) in [5, 5.41) is 15.2. The smallest absolute Gasteiger partial charge is 0.313 e. The second-order valence-corrected chi connectivity index (χ2v) is 6.37. The molecule has 2 rings (SSSR count). The van der Waals surface area contributed by atoms with Gasteiger partial charge in [0.15, 0.2) is 0 Å². The molecule has 0 aliphatic carbocycles. The number of nitrogens with zero attached hydrogens (tertiary/aromatic N) is 1. The van der Waals surface area contributed by atoms with Crippen LogP contribution in [-0.4, -0.2) is 44.7 Å². The highest BCUT2D eigenvalue weighted by molar-refractivity contribution is 6.39. The lowest BCUT2D eigenvalue weighted by atomic mass is 10.1. The molecular weight excluding hydrogens is 346 g/mol. The highest BCUT2D eigenvalue weighted by Gasteiger charge is 2.17. The number of carbonyl (C=O) groups is 2. The predicted molar refractivity (Wildman–Crippen MR) is 105 cm³/mol. The maximum atomic E-state index is 12.1. The van der Waals surface area contributed by atoms with Gasteiger partial charge >= 0.3 is 11.8 Å². The van der Waals surface area contributed by atoms with Crippen molar-refractivity contribution in [1.29, 1.82) is 0 Å². The van der Waals surface area contributed by atoms with Gasteiger partial charge in [0.05, 0.1) is 18.9 Å². The predicted octanol–water partition coefficient (Wildman–Crippen LogP) is 1.86. The minimum Gasteiger partial charge on any atom is -0.495 e. The van der Waals surface area contributed by atoms with Crippen molar-refractivity contribution in [2.75, 3.05) is 38.0 Å². The number of amides is 2. The van der Waals surface area contributed by atoms with Crippen LogP contribution in [0.25, 0.3) is 0 Å². The summed E-state index contributed by atoms with van der Waals surface area (Å²) >= 11 is 0. The summed E-state index contributed by atoms with van der Waals surface area (Å²) < 4.78 is 5.17. The molecule has 144 valence electrons. The fourth-order valence-electron chi connectivity index (χ4n) is 2.48. The second kappa shape index (κ2) is 9.05. The number of aryl methyl sites for hydroxylation is 1. The molecule has 0 spiro atoms. The van der Waals surface area contributed by atoms with Crippen LogP contribution in [0.3, 0.4) is 0 Å². The van der Waals surface area contributed by atoms with Gasteiger partial charge in [-0.2, -0.15) is 0 Å². The van der Waals surface area contributed by atoms with Gasteiger partial charge in [-0.3, -0.25) is 9.59 Å². The lowest BCUT2D eigenvalue weighted by molar-refractivity contribution is -0.136. The Hall–Kier alpha value is -3.06. The zero-order valence-electron chi connectivity index (χ0n) is 15.9. The molecule has 0 radical (unpaired) electrons. The van der Waals surface area contributed by atoms with E-state index in [4.69, 9.17) is 4.74 Å². The fraction of sp³-hybridized carbons (Fsp3) is 0.300. The first kappa shape index (κ1) is 20.3. The van der Waals surface area contributed by atoms with E-state index in [-0.39, 0.29) is 6.54 Å². The van der Waals surface area contributed by atoms with Gasteiger partial charge < -0.3 is 25.4 Å². The number of hydrogen-bond donors (Lipinski definition) is 3. The van der Waals surface area contributed by atoms with Crippen LogP contribution in [0.1, 0.15) is 17.2 Å². The van der Waals surface area contributed by atoms with E-state index in [2.05, 4.69) is 10.6 Å². The molecular formula is C20H25N3O4. The third-order valence-electron chi connectivity index (χ3n) is 4.06. The molecule has 2 aromatic carbocycles. The quantitative estimate of drug-likeness (QED) is 0.674. The number of benzene rings is 2. The van der Waals surface area contributed by atoms with Gasteiger partial charge in [0.2, 0.25) is 0 Å². The SMILES string of the molecule is COc1ccc(C)cc1NC(=O)C(=O)NCC(O)c1ccc(N(C)C)cc1. The Balaban J connectivity index is 1.92. The number of rotatable bonds is 6. The van der Waals surface area contributed by atoms with Crippen molar-refractivity contribution in [3.8, 4) is 5.75 Å². The zero-order chi connectivity index (χ0) is 20.0. The van der Waals surface area contributed by atoms with Crippen LogP contribution in [0, 0.1) is 6.92 Å². The normalized spacial score (nSPS) is 11.4. The van der Waals surface area contributed by atoms with E-state index in [0.29, 0.717) is 17.0 Å². The summed E-state index contributed by atoms with van der Waals surface area (Å²) in [5.41, 5.74) is 2.99. The summed E-state index contributed by atoms with van der Waals surface area (Å²) in [7, 11) is 5.33. The molecule has 2 amide bonds. The molecule has 27 heavy (non-hydrogen) atoms. The van der Waals surface area contributed by atoms with Gasteiger partial charge in [-0.15, -0.1) is 0 Å². The molecule has 1 atom stereocenters. The van der Waals surface area contributed by atoms with Crippen molar-refractivity contribution in [2.45, 2.75) is 13.0 Å². The molecule has 0 aliphatic heterocycles. The average Bonchev–Trinajstić information content (AvgIpc) is 2.66. The average molecular weight is 371 g/mol. The van der Waals surface area contributed by atoms with Gasteiger partial charge in [-0.1, -0.05) is 18.2 Å². The van der Waals surface area contributed by atoms with Crippen molar-refractivity contribution in [1.82, 2.24) is 5.32 Å². The molecule has 1 unspecified atom stereocenters. The number of aliphatic hydroxyl groups excluding tert-OH is 1. The number of anilines is 2. The van der Waals surface area contributed by atoms with Crippen LogP contribution in [0.4, 0.5) is 11.4 Å². The van der Waals surface area contributed by atoms with E-state index >= 15 is 0 Å². The van der Waals surface area contributed by atoms with Gasteiger partial charge in [-0.05, 0) is 42.3 Å². The Morgan fingerprint density at radius 3 is 2.37 bits per heavy atom. The highest BCUT2D eigenvalue weighted by atomic mass is 16.5. The monoisotopic (exact) mass is 371 g/mol. The van der Waals surface area contributed by atoms with Crippen molar-refractivity contribution in [3.63, 3.8) is 0 Å². The third-order valence-corrected chi connectivity index (χ3v) is 4.06. The van der Waals surface area contributed by atoms with Crippen LogP contribution in [0.2, 0.25) is 0 Å². The maximum Gasteiger partial charge on any atom is 0.313 e. The largest absolute Gasteiger partial charge is 0.495 e. The molecule has 0 aromatic heterocycles. The topological polar surface area (TPSA) is 90.9 Å². The van der Waals surface area contributed by atoms with E-state index in [1.807, 2.05) is 44.1 Å². The van der Waals surface area contributed by atoms with Gasteiger partial charge in [0.1, 0.15) is 5.75 Å². The van der Waals surface area contributed by atoms with E-state index in [9.17, 15) is 14.7 Å². The standard InChI is InChI=1S/C20H25N3O4/c1-13-5-10-18(27-4)16(11-13)22-20(26)19(25)21-12-17(24)14-6-8-15(9-7-14)23(2)3/h5-11,17,24H,12H2,1-4H3,(H,21,25)(H,22,26). The second-order valence-electron chi connectivity index (χ2n) is 6.37. The zero-order valence-corrected chi connectivity index (χ0v) is 15.9. The van der Waals surface area contributed by atoms with Crippen molar-refractivity contribution < 1.29 is 19.4 Å². The van der Waals surface area contributed by atoms with Crippen molar-refractivity contribution >= 4 is 23.2 Å². The minimum atomic E-state index is -0.911. The van der Waals surface area contributed by atoms with Gasteiger partial charge in [0, 0.05) is 26.3 Å². The Morgan fingerprint density at radius 2 is 1.78 bits per heavy atom. The number of ether oxygens (including phenoxy) is 1. The summed E-state index contributed by atoms with van der Waals surface area (Å²) in [6.07, 6.45) is -0.911. The molecule has 3 N–H and O–H groups in total. The Bertz CT molecular complexity index is 803. The third kappa shape index (κ3) is 5.46. The molecule has 0 heterocycles. The van der Waals surface area contributed by atoms with Crippen molar-refractivity contribution in [3.05, 3.63) is 53.6 Å². The van der Waals surface area contributed by atoms with E-state index in [1.165, 1.54) is 7.11 Å². The number of hydrogen-bond acceptors (Lipinski definition) is 5. The summed E-state index contributed by atoms with van der Waals surface area (Å²) in [6.45, 7) is 1.80. The number of aliphatic hydroxyl groups is 1. The van der Waals surface area contributed by atoms with E-state index < -0.39 is 17.9 Å². The number of carbonyl (C=O) groups excluding carboxylic acids is 2. The maximum absolute atomic E-state index is 12.1. The first-order valence-corrected chi connectivity index (χ1v) is 8.51. The first-order valence-electron chi connectivity index (χ1n) is 8.51.